The Morgan fingerprint density at radius 2 is 2.10 bits per heavy atom. The predicted molar refractivity (Wildman–Crippen MR) is 89.7 cm³/mol. The van der Waals surface area contributed by atoms with Gasteiger partial charge in [0.2, 0.25) is 0 Å². The maximum Gasteiger partial charge on any atom is 0.0562 e. The molecule has 4 nitrogen and oxygen atoms in total. The van der Waals surface area contributed by atoms with Crippen molar-refractivity contribution in [1.82, 2.24) is 15.2 Å². The Hall–Kier alpha value is -1.13. The first-order chi connectivity index (χ1) is 9.88. The van der Waals surface area contributed by atoms with Crippen LogP contribution in [0.2, 0.25) is 0 Å². The van der Waals surface area contributed by atoms with E-state index >= 15 is 0 Å². The third-order valence-corrected chi connectivity index (χ3v) is 4.34. The average molecular weight is 290 g/mol. The maximum atomic E-state index is 4.48. The van der Waals surface area contributed by atoms with Crippen LogP contribution in [0.4, 0.5) is 5.69 Å². The first kappa shape index (κ1) is 16.2. The summed E-state index contributed by atoms with van der Waals surface area (Å²) in [6, 6.07) is 4.36. The third-order valence-electron chi connectivity index (χ3n) is 4.34. The van der Waals surface area contributed by atoms with Crippen LogP contribution in [0.25, 0.3) is 0 Å². The number of hydrogen-bond acceptors (Lipinski definition) is 4. The van der Waals surface area contributed by atoms with Gasteiger partial charge in [-0.25, -0.2) is 0 Å². The Bertz CT molecular complexity index is 456. The van der Waals surface area contributed by atoms with Gasteiger partial charge in [0.1, 0.15) is 0 Å². The highest BCUT2D eigenvalue weighted by molar-refractivity contribution is 5.47. The minimum absolute atomic E-state index is 0.220. The van der Waals surface area contributed by atoms with Gasteiger partial charge in [-0.1, -0.05) is 13.8 Å². The Morgan fingerprint density at radius 1 is 1.33 bits per heavy atom. The molecule has 1 aromatic heterocycles. The second-order valence-electron chi connectivity index (χ2n) is 7.19. The van der Waals surface area contributed by atoms with Crippen molar-refractivity contribution < 1.29 is 0 Å². The number of piperazine rings is 1. The van der Waals surface area contributed by atoms with E-state index in [1.807, 2.05) is 6.20 Å². The monoisotopic (exact) mass is 290 g/mol. The van der Waals surface area contributed by atoms with Crippen molar-refractivity contribution in [2.75, 3.05) is 38.1 Å². The van der Waals surface area contributed by atoms with Gasteiger partial charge in [0.15, 0.2) is 0 Å². The number of nitrogens with zero attached hydrogens (tertiary/aromatic N) is 3. The van der Waals surface area contributed by atoms with Gasteiger partial charge in [0.25, 0.3) is 0 Å². The van der Waals surface area contributed by atoms with E-state index in [4.69, 9.17) is 0 Å². The summed E-state index contributed by atoms with van der Waals surface area (Å²) in [7, 11) is 2.21. The fraction of sp³-hybridized carbons (Fsp3) is 0.706. The molecule has 21 heavy (non-hydrogen) atoms. The van der Waals surface area contributed by atoms with E-state index in [0.717, 1.165) is 38.4 Å². The summed E-state index contributed by atoms with van der Waals surface area (Å²) in [4.78, 5) is 9.40. The lowest BCUT2D eigenvalue weighted by Gasteiger charge is -2.46. The third kappa shape index (κ3) is 4.42. The molecule has 0 bridgehead atoms. The number of nitrogens with one attached hydrogen (secondary N) is 1. The Labute approximate surface area is 129 Å². The fourth-order valence-electron chi connectivity index (χ4n) is 2.71. The summed E-state index contributed by atoms with van der Waals surface area (Å²) in [6.07, 6.45) is 1.94. The molecule has 0 aliphatic carbocycles. The molecule has 1 saturated heterocycles. The van der Waals surface area contributed by atoms with Crippen molar-refractivity contribution in [3.05, 3.63) is 24.0 Å². The molecule has 1 N–H and O–H groups in total. The lowest BCUT2D eigenvalue weighted by Crippen LogP contribution is -2.57. The molecule has 2 rings (SSSR count). The molecule has 1 aromatic rings. The first-order valence-electron chi connectivity index (χ1n) is 8.00. The van der Waals surface area contributed by atoms with Gasteiger partial charge in [0, 0.05) is 43.6 Å². The molecule has 0 saturated carbocycles. The van der Waals surface area contributed by atoms with Crippen molar-refractivity contribution in [1.29, 1.82) is 0 Å². The molecule has 0 amide bonds. The minimum atomic E-state index is 0.220. The SMILES string of the molecule is CC(C)CNCc1cc(N2CCN(C)C(C)(C)C2)ccn1. The van der Waals surface area contributed by atoms with Crippen molar-refractivity contribution >= 4 is 5.69 Å². The highest BCUT2D eigenvalue weighted by Gasteiger charge is 2.31. The van der Waals surface area contributed by atoms with Gasteiger partial charge in [0.05, 0.1) is 5.69 Å². The van der Waals surface area contributed by atoms with E-state index in [1.165, 1.54) is 5.69 Å². The van der Waals surface area contributed by atoms with Crippen LogP contribution >= 0.6 is 0 Å². The maximum absolute atomic E-state index is 4.48. The molecule has 0 radical (unpaired) electrons. The molecule has 0 aromatic carbocycles. The molecule has 0 unspecified atom stereocenters. The average Bonchev–Trinajstić information content (AvgIpc) is 2.42. The normalized spacial score (nSPS) is 19.2. The number of anilines is 1. The quantitative estimate of drug-likeness (QED) is 0.902. The van der Waals surface area contributed by atoms with Crippen molar-refractivity contribution in [2.24, 2.45) is 5.92 Å². The van der Waals surface area contributed by atoms with E-state index < -0.39 is 0 Å². The number of rotatable bonds is 5. The van der Waals surface area contributed by atoms with Crippen molar-refractivity contribution in [3.8, 4) is 0 Å². The summed E-state index contributed by atoms with van der Waals surface area (Å²) in [5, 5.41) is 3.47. The van der Waals surface area contributed by atoms with Crippen molar-refractivity contribution in [2.45, 2.75) is 39.8 Å². The summed E-state index contributed by atoms with van der Waals surface area (Å²) in [5.41, 5.74) is 2.65. The molecule has 1 aliphatic rings. The zero-order valence-corrected chi connectivity index (χ0v) is 14.2. The molecule has 1 aliphatic heterocycles. The molecular weight excluding hydrogens is 260 g/mol. The number of pyridine rings is 1. The summed E-state index contributed by atoms with van der Waals surface area (Å²) < 4.78 is 0. The second-order valence-corrected chi connectivity index (χ2v) is 7.19. The molecule has 4 heteroatoms. The van der Waals surface area contributed by atoms with Gasteiger partial charge in [-0.05, 0) is 45.5 Å². The van der Waals surface area contributed by atoms with Gasteiger partial charge >= 0.3 is 0 Å². The predicted octanol–water partition coefficient (Wildman–Crippen LogP) is 2.36. The van der Waals surface area contributed by atoms with E-state index in [2.05, 4.69) is 67.0 Å². The molecule has 0 spiro atoms. The smallest absolute Gasteiger partial charge is 0.0562 e. The van der Waals surface area contributed by atoms with E-state index in [9.17, 15) is 0 Å². The van der Waals surface area contributed by atoms with E-state index in [1.54, 1.807) is 0 Å². The lowest BCUT2D eigenvalue weighted by molar-refractivity contribution is 0.139. The van der Waals surface area contributed by atoms with Crippen LogP contribution in [0.3, 0.4) is 0 Å². The van der Waals surface area contributed by atoms with Crippen LogP contribution in [0.1, 0.15) is 33.4 Å². The number of aromatic nitrogens is 1. The zero-order chi connectivity index (χ0) is 15.5. The largest absolute Gasteiger partial charge is 0.368 e. The summed E-state index contributed by atoms with van der Waals surface area (Å²) in [6.45, 7) is 14.2. The minimum Gasteiger partial charge on any atom is -0.368 e. The summed E-state index contributed by atoms with van der Waals surface area (Å²) >= 11 is 0. The Morgan fingerprint density at radius 3 is 2.76 bits per heavy atom. The van der Waals surface area contributed by atoms with Crippen LogP contribution in [-0.4, -0.2) is 48.6 Å². The second kappa shape index (κ2) is 6.75. The van der Waals surface area contributed by atoms with E-state index in [-0.39, 0.29) is 5.54 Å². The topological polar surface area (TPSA) is 31.4 Å². The Balaban J connectivity index is 2.00. The van der Waals surface area contributed by atoms with Crippen LogP contribution < -0.4 is 10.2 Å². The lowest BCUT2D eigenvalue weighted by atomic mass is 9.99. The van der Waals surface area contributed by atoms with Crippen LogP contribution in [0, 0.1) is 5.92 Å². The van der Waals surface area contributed by atoms with E-state index in [0.29, 0.717) is 5.92 Å². The van der Waals surface area contributed by atoms with Crippen molar-refractivity contribution in [3.63, 3.8) is 0 Å². The number of likely N-dealkylation sites (N-methyl/N-ethyl adjacent to an activating group) is 1. The van der Waals surface area contributed by atoms with Crippen LogP contribution in [0.5, 0.6) is 0 Å². The highest BCUT2D eigenvalue weighted by Crippen LogP contribution is 2.24. The number of hydrogen-bond donors (Lipinski definition) is 1. The molecule has 2 heterocycles. The highest BCUT2D eigenvalue weighted by atomic mass is 15.3. The van der Waals surface area contributed by atoms with Gasteiger partial charge in [-0.3, -0.25) is 9.88 Å². The van der Waals surface area contributed by atoms with Crippen LogP contribution in [0.15, 0.2) is 18.3 Å². The zero-order valence-electron chi connectivity index (χ0n) is 14.2. The summed E-state index contributed by atoms with van der Waals surface area (Å²) in [5.74, 6) is 0.673. The van der Waals surface area contributed by atoms with Gasteiger partial charge in [-0.2, -0.15) is 0 Å². The molecule has 1 fully saturated rings. The molecular formula is C17H30N4. The molecule has 118 valence electrons. The standard InChI is InChI=1S/C17H30N4/c1-14(2)11-18-12-15-10-16(6-7-19-15)21-9-8-20(5)17(3,4)13-21/h6-7,10,14,18H,8-9,11-13H2,1-5H3. The molecule has 0 atom stereocenters. The Kier molecular flexibility index (Phi) is 5.22. The van der Waals surface area contributed by atoms with Gasteiger partial charge in [-0.15, -0.1) is 0 Å². The fourth-order valence-corrected chi connectivity index (χ4v) is 2.71. The first-order valence-corrected chi connectivity index (χ1v) is 8.00. The van der Waals surface area contributed by atoms with Crippen LogP contribution in [-0.2, 0) is 6.54 Å². The van der Waals surface area contributed by atoms with Gasteiger partial charge < -0.3 is 10.2 Å².